The molecule has 0 radical (unpaired) electrons. The number of benzene rings is 1. The summed E-state index contributed by atoms with van der Waals surface area (Å²) in [5.74, 6) is 1.27. The minimum Gasteiger partial charge on any atom is -0.493 e. The van der Waals surface area contributed by atoms with Crippen LogP contribution in [0.5, 0.6) is 11.5 Å². The SMILES string of the molecule is COc1cc(Br)c(CO)cc1OC. The highest BCUT2D eigenvalue weighted by molar-refractivity contribution is 9.10. The lowest BCUT2D eigenvalue weighted by molar-refractivity contribution is 0.279. The number of halogens is 1. The number of hydrogen-bond acceptors (Lipinski definition) is 3. The van der Waals surface area contributed by atoms with Crippen molar-refractivity contribution in [2.24, 2.45) is 0 Å². The lowest BCUT2D eigenvalue weighted by Crippen LogP contribution is -1.93. The monoisotopic (exact) mass is 246 g/mol. The third-order valence-corrected chi connectivity index (χ3v) is 2.46. The zero-order chi connectivity index (χ0) is 9.84. The Labute approximate surface area is 85.4 Å². The van der Waals surface area contributed by atoms with Crippen LogP contribution >= 0.6 is 15.9 Å². The molecule has 13 heavy (non-hydrogen) atoms. The molecule has 0 aliphatic rings. The van der Waals surface area contributed by atoms with E-state index in [9.17, 15) is 0 Å². The lowest BCUT2D eigenvalue weighted by atomic mass is 10.2. The topological polar surface area (TPSA) is 38.7 Å². The molecule has 0 saturated carbocycles. The molecule has 0 aromatic heterocycles. The first kappa shape index (κ1) is 10.3. The fourth-order valence-corrected chi connectivity index (χ4v) is 1.47. The summed E-state index contributed by atoms with van der Waals surface area (Å²) in [5, 5.41) is 8.98. The van der Waals surface area contributed by atoms with Gasteiger partial charge in [-0.05, 0) is 17.7 Å². The molecule has 0 saturated heterocycles. The Hall–Kier alpha value is -0.740. The maximum Gasteiger partial charge on any atom is 0.161 e. The third-order valence-electron chi connectivity index (χ3n) is 1.72. The first-order chi connectivity index (χ1) is 6.22. The van der Waals surface area contributed by atoms with Crippen molar-refractivity contribution in [3.63, 3.8) is 0 Å². The van der Waals surface area contributed by atoms with E-state index in [1.165, 1.54) is 0 Å². The highest BCUT2D eigenvalue weighted by Crippen LogP contribution is 2.33. The van der Waals surface area contributed by atoms with Crippen LogP contribution in [0.4, 0.5) is 0 Å². The molecule has 1 rings (SSSR count). The van der Waals surface area contributed by atoms with Gasteiger partial charge in [0, 0.05) is 4.47 Å². The second-order valence-corrected chi connectivity index (χ2v) is 3.31. The average Bonchev–Trinajstić information content (AvgIpc) is 2.17. The summed E-state index contributed by atoms with van der Waals surface area (Å²) < 4.78 is 11.0. The van der Waals surface area contributed by atoms with E-state index in [4.69, 9.17) is 14.6 Å². The van der Waals surface area contributed by atoms with E-state index in [1.54, 1.807) is 26.4 Å². The van der Waals surface area contributed by atoms with Crippen molar-refractivity contribution in [2.45, 2.75) is 6.61 Å². The fourth-order valence-electron chi connectivity index (χ4n) is 1.02. The molecule has 4 heteroatoms. The van der Waals surface area contributed by atoms with E-state index in [0.29, 0.717) is 11.5 Å². The van der Waals surface area contributed by atoms with Crippen LogP contribution in [0.25, 0.3) is 0 Å². The molecule has 1 aromatic carbocycles. The van der Waals surface area contributed by atoms with Gasteiger partial charge in [0.15, 0.2) is 11.5 Å². The number of aliphatic hydroxyl groups is 1. The normalized spacial score (nSPS) is 9.85. The van der Waals surface area contributed by atoms with Gasteiger partial charge in [0.2, 0.25) is 0 Å². The average molecular weight is 247 g/mol. The van der Waals surface area contributed by atoms with Gasteiger partial charge >= 0.3 is 0 Å². The number of methoxy groups -OCH3 is 2. The largest absolute Gasteiger partial charge is 0.493 e. The summed E-state index contributed by atoms with van der Waals surface area (Å²) in [5.41, 5.74) is 0.776. The molecule has 0 unspecified atom stereocenters. The van der Waals surface area contributed by atoms with Gasteiger partial charge in [-0.1, -0.05) is 15.9 Å². The van der Waals surface area contributed by atoms with E-state index in [1.807, 2.05) is 0 Å². The van der Waals surface area contributed by atoms with Crippen LogP contribution in [-0.2, 0) is 6.61 Å². The van der Waals surface area contributed by atoms with Crippen molar-refractivity contribution < 1.29 is 14.6 Å². The zero-order valence-corrected chi connectivity index (χ0v) is 9.09. The van der Waals surface area contributed by atoms with Crippen LogP contribution in [0.2, 0.25) is 0 Å². The minimum atomic E-state index is -0.0268. The Morgan fingerprint density at radius 3 is 2.23 bits per heavy atom. The van der Waals surface area contributed by atoms with Crippen LogP contribution in [0.1, 0.15) is 5.56 Å². The quantitative estimate of drug-likeness (QED) is 0.887. The van der Waals surface area contributed by atoms with Gasteiger partial charge in [0.25, 0.3) is 0 Å². The van der Waals surface area contributed by atoms with Crippen molar-refractivity contribution in [1.82, 2.24) is 0 Å². The molecular formula is C9H11BrO3. The molecule has 0 atom stereocenters. The van der Waals surface area contributed by atoms with E-state index < -0.39 is 0 Å². The molecule has 0 aliphatic heterocycles. The summed E-state index contributed by atoms with van der Waals surface area (Å²) >= 11 is 3.32. The summed E-state index contributed by atoms with van der Waals surface area (Å²) in [6.07, 6.45) is 0. The summed E-state index contributed by atoms with van der Waals surface area (Å²) in [4.78, 5) is 0. The van der Waals surface area contributed by atoms with Gasteiger partial charge in [0.05, 0.1) is 20.8 Å². The van der Waals surface area contributed by atoms with Crippen LogP contribution in [0, 0.1) is 0 Å². The van der Waals surface area contributed by atoms with Crippen molar-refractivity contribution >= 4 is 15.9 Å². The van der Waals surface area contributed by atoms with Crippen molar-refractivity contribution in [1.29, 1.82) is 0 Å². The standard InChI is InChI=1S/C9H11BrO3/c1-12-8-3-6(5-11)7(10)4-9(8)13-2/h3-4,11H,5H2,1-2H3. The first-order valence-electron chi connectivity index (χ1n) is 3.74. The van der Waals surface area contributed by atoms with Gasteiger partial charge in [-0.2, -0.15) is 0 Å². The van der Waals surface area contributed by atoms with Crippen molar-refractivity contribution in [3.8, 4) is 11.5 Å². The highest BCUT2D eigenvalue weighted by Gasteiger charge is 2.08. The highest BCUT2D eigenvalue weighted by atomic mass is 79.9. The Balaban J connectivity index is 3.18. The van der Waals surface area contributed by atoms with Gasteiger partial charge in [-0.3, -0.25) is 0 Å². The lowest BCUT2D eigenvalue weighted by Gasteiger charge is -2.10. The molecule has 1 aromatic rings. The Bertz CT molecular complexity index is 299. The smallest absolute Gasteiger partial charge is 0.161 e. The van der Waals surface area contributed by atoms with Gasteiger partial charge in [-0.15, -0.1) is 0 Å². The van der Waals surface area contributed by atoms with E-state index >= 15 is 0 Å². The molecule has 0 aliphatic carbocycles. The molecule has 1 N–H and O–H groups in total. The third kappa shape index (κ3) is 2.14. The molecule has 0 bridgehead atoms. The Morgan fingerprint density at radius 1 is 1.23 bits per heavy atom. The Kier molecular flexibility index (Phi) is 3.57. The molecule has 0 heterocycles. The zero-order valence-electron chi connectivity index (χ0n) is 7.50. The van der Waals surface area contributed by atoms with E-state index in [0.717, 1.165) is 10.0 Å². The van der Waals surface area contributed by atoms with Crippen molar-refractivity contribution in [3.05, 3.63) is 22.2 Å². The molecule has 0 fully saturated rings. The van der Waals surface area contributed by atoms with E-state index in [2.05, 4.69) is 15.9 Å². The molecular weight excluding hydrogens is 236 g/mol. The maximum absolute atomic E-state index is 8.98. The second kappa shape index (κ2) is 4.48. The molecule has 0 spiro atoms. The predicted octanol–water partition coefficient (Wildman–Crippen LogP) is 1.96. The minimum absolute atomic E-state index is 0.0268. The van der Waals surface area contributed by atoms with Crippen LogP contribution in [0.3, 0.4) is 0 Å². The van der Waals surface area contributed by atoms with Crippen LogP contribution < -0.4 is 9.47 Å². The predicted molar refractivity (Wildman–Crippen MR) is 53.2 cm³/mol. The second-order valence-electron chi connectivity index (χ2n) is 2.46. The number of hydrogen-bond donors (Lipinski definition) is 1. The Morgan fingerprint density at radius 2 is 1.77 bits per heavy atom. The molecule has 3 nitrogen and oxygen atoms in total. The number of rotatable bonds is 3. The van der Waals surface area contributed by atoms with E-state index in [-0.39, 0.29) is 6.61 Å². The number of aliphatic hydroxyl groups excluding tert-OH is 1. The summed E-state index contributed by atoms with van der Waals surface area (Å²) in [7, 11) is 3.13. The van der Waals surface area contributed by atoms with Crippen molar-refractivity contribution in [2.75, 3.05) is 14.2 Å². The fraction of sp³-hybridized carbons (Fsp3) is 0.333. The molecule has 0 amide bonds. The van der Waals surface area contributed by atoms with Crippen LogP contribution in [0.15, 0.2) is 16.6 Å². The summed E-state index contributed by atoms with van der Waals surface area (Å²) in [6.45, 7) is -0.0268. The maximum atomic E-state index is 8.98. The molecule has 72 valence electrons. The van der Waals surface area contributed by atoms with Gasteiger partial charge < -0.3 is 14.6 Å². The first-order valence-corrected chi connectivity index (χ1v) is 4.53. The van der Waals surface area contributed by atoms with Gasteiger partial charge in [0.1, 0.15) is 0 Å². The summed E-state index contributed by atoms with van der Waals surface area (Å²) in [6, 6.07) is 3.51. The number of ether oxygens (including phenoxy) is 2. The van der Waals surface area contributed by atoms with Crippen LogP contribution in [-0.4, -0.2) is 19.3 Å². The van der Waals surface area contributed by atoms with Gasteiger partial charge in [-0.25, -0.2) is 0 Å².